The molecule has 0 spiro atoms. The first-order valence-electron chi connectivity index (χ1n) is 8.99. The number of hydrogen-bond donors (Lipinski definition) is 3. The lowest BCUT2D eigenvalue weighted by Gasteiger charge is -2.33. The van der Waals surface area contributed by atoms with Crippen LogP contribution < -0.4 is 16.9 Å². The SMILES string of the molecule is CCN1C(=O)C(C(=O)CN2CCCCC2)=C(N)C(C/C(=N/N)NC)C1=O. The van der Waals surface area contributed by atoms with Crippen LogP contribution in [0.3, 0.4) is 0 Å². The minimum atomic E-state index is -0.831. The largest absolute Gasteiger partial charge is 0.401 e. The van der Waals surface area contributed by atoms with Crippen LogP contribution >= 0.6 is 0 Å². The fourth-order valence-corrected chi connectivity index (χ4v) is 3.44. The van der Waals surface area contributed by atoms with E-state index >= 15 is 0 Å². The van der Waals surface area contributed by atoms with Gasteiger partial charge in [0.05, 0.1) is 12.5 Å². The molecule has 2 rings (SSSR count). The minimum Gasteiger partial charge on any atom is -0.401 e. The van der Waals surface area contributed by atoms with Crippen molar-refractivity contribution in [3.63, 3.8) is 0 Å². The van der Waals surface area contributed by atoms with Gasteiger partial charge >= 0.3 is 0 Å². The van der Waals surface area contributed by atoms with Crippen molar-refractivity contribution >= 4 is 23.4 Å². The zero-order chi connectivity index (χ0) is 19.3. The number of nitrogens with one attached hydrogen (secondary N) is 1. The summed E-state index contributed by atoms with van der Waals surface area (Å²) in [4.78, 5) is 41.3. The van der Waals surface area contributed by atoms with Gasteiger partial charge in [-0.15, -0.1) is 0 Å². The first kappa shape index (κ1) is 19.9. The summed E-state index contributed by atoms with van der Waals surface area (Å²) < 4.78 is 0. The minimum absolute atomic E-state index is 0.0168. The maximum absolute atomic E-state index is 12.8. The summed E-state index contributed by atoms with van der Waals surface area (Å²) in [5, 5.41) is 6.37. The number of amides is 2. The highest BCUT2D eigenvalue weighted by molar-refractivity contribution is 6.26. The molecule has 2 aliphatic heterocycles. The van der Waals surface area contributed by atoms with E-state index < -0.39 is 17.7 Å². The molecule has 0 aromatic carbocycles. The number of hydrogen-bond acceptors (Lipinski definition) is 7. The Balaban J connectivity index is 2.32. The molecule has 26 heavy (non-hydrogen) atoms. The fraction of sp³-hybridized carbons (Fsp3) is 0.647. The van der Waals surface area contributed by atoms with Crippen LogP contribution in [0.1, 0.15) is 32.6 Å². The number of likely N-dealkylation sites (tertiary alicyclic amines) is 1. The number of imide groups is 1. The highest BCUT2D eigenvalue weighted by Crippen LogP contribution is 2.26. The second-order valence-corrected chi connectivity index (χ2v) is 6.56. The van der Waals surface area contributed by atoms with Crippen molar-refractivity contribution in [2.45, 2.75) is 32.6 Å². The summed E-state index contributed by atoms with van der Waals surface area (Å²) >= 11 is 0. The number of nitrogens with two attached hydrogens (primary N) is 2. The van der Waals surface area contributed by atoms with Crippen molar-refractivity contribution in [3.8, 4) is 0 Å². The highest BCUT2D eigenvalue weighted by Gasteiger charge is 2.42. The summed E-state index contributed by atoms with van der Waals surface area (Å²) in [6.07, 6.45) is 3.34. The molecule has 0 aromatic heterocycles. The highest BCUT2D eigenvalue weighted by atomic mass is 16.2. The Labute approximate surface area is 153 Å². The second kappa shape index (κ2) is 8.79. The standard InChI is InChI=1S/C17H28N6O3/c1-3-23-16(25)11(9-13(20-2)21-19)15(18)14(17(23)26)12(24)10-22-7-5-4-6-8-22/h11H,3-10,18-19H2,1-2H3,(H,20,21). The Bertz CT molecular complexity index is 636. The van der Waals surface area contributed by atoms with Gasteiger partial charge in [-0.1, -0.05) is 6.42 Å². The summed E-state index contributed by atoms with van der Waals surface area (Å²) in [5.74, 6) is 3.48. The number of Topliss-reactive ketones (excluding diaryl/α,β-unsaturated/α-hetero) is 1. The smallest absolute Gasteiger partial charge is 0.265 e. The Kier molecular flexibility index (Phi) is 6.73. The van der Waals surface area contributed by atoms with Gasteiger partial charge < -0.3 is 16.9 Å². The van der Waals surface area contributed by atoms with E-state index in [0.717, 1.165) is 37.3 Å². The molecule has 9 nitrogen and oxygen atoms in total. The predicted octanol–water partition coefficient (Wildman–Crippen LogP) is -0.859. The third-order valence-electron chi connectivity index (χ3n) is 4.94. The topological polar surface area (TPSA) is 134 Å². The Hall–Kier alpha value is -2.42. The molecule has 5 N–H and O–H groups in total. The molecule has 0 saturated carbocycles. The molecule has 144 valence electrons. The molecule has 0 aromatic rings. The molecular weight excluding hydrogens is 336 g/mol. The Morgan fingerprint density at radius 2 is 1.92 bits per heavy atom. The van der Waals surface area contributed by atoms with Crippen molar-refractivity contribution in [2.75, 3.05) is 33.2 Å². The first-order valence-corrected chi connectivity index (χ1v) is 8.99. The molecule has 1 fully saturated rings. The zero-order valence-electron chi connectivity index (χ0n) is 15.5. The molecular formula is C17H28N6O3. The van der Waals surface area contributed by atoms with Gasteiger partial charge in [-0.05, 0) is 32.9 Å². The van der Waals surface area contributed by atoms with Gasteiger partial charge in [0, 0.05) is 25.7 Å². The van der Waals surface area contributed by atoms with Crippen LogP contribution in [0.5, 0.6) is 0 Å². The van der Waals surface area contributed by atoms with E-state index in [1.807, 2.05) is 4.90 Å². The number of carbonyl (C=O) groups is 3. The Morgan fingerprint density at radius 1 is 1.27 bits per heavy atom. The molecule has 1 saturated heterocycles. The van der Waals surface area contributed by atoms with Crippen LogP contribution in [0.4, 0.5) is 0 Å². The van der Waals surface area contributed by atoms with E-state index in [9.17, 15) is 14.4 Å². The molecule has 0 aliphatic carbocycles. The van der Waals surface area contributed by atoms with Crippen molar-refractivity contribution in [1.29, 1.82) is 0 Å². The lowest BCUT2D eigenvalue weighted by Crippen LogP contribution is -2.51. The van der Waals surface area contributed by atoms with E-state index in [-0.39, 0.29) is 36.6 Å². The van der Waals surface area contributed by atoms with E-state index in [1.165, 1.54) is 0 Å². The van der Waals surface area contributed by atoms with Crippen LogP contribution in [0.2, 0.25) is 0 Å². The third-order valence-corrected chi connectivity index (χ3v) is 4.94. The summed E-state index contributed by atoms with van der Waals surface area (Å²) in [6, 6.07) is 0. The summed E-state index contributed by atoms with van der Waals surface area (Å²) in [7, 11) is 1.63. The van der Waals surface area contributed by atoms with E-state index in [2.05, 4.69) is 10.4 Å². The predicted molar refractivity (Wildman–Crippen MR) is 97.7 cm³/mol. The van der Waals surface area contributed by atoms with Crippen LogP contribution in [-0.2, 0) is 14.4 Å². The normalized spacial score (nSPS) is 22.8. The molecule has 2 aliphatic rings. The van der Waals surface area contributed by atoms with Crippen LogP contribution in [0.25, 0.3) is 0 Å². The zero-order valence-corrected chi connectivity index (χ0v) is 15.5. The van der Waals surface area contributed by atoms with E-state index in [0.29, 0.717) is 5.84 Å². The van der Waals surface area contributed by atoms with Gasteiger partial charge in [0.2, 0.25) is 5.91 Å². The number of hydrazone groups is 1. The van der Waals surface area contributed by atoms with Gasteiger partial charge in [0.1, 0.15) is 11.4 Å². The van der Waals surface area contributed by atoms with Crippen molar-refractivity contribution in [2.24, 2.45) is 22.6 Å². The average molecular weight is 364 g/mol. The third kappa shape index (κ3) is 4.04. The number of carbonyl (C=O) groups excluding carboxylic acids is 3. The van der Waals surface area contributed by atoms with Gasteiger partial charge in [-0.25, -0.2) is 0 Å². The van der Waals surface area contributed by atoms with E-state index in [4.69, 9.17) is 11.6 Å². The number of nitrogens with zero attached hydrogens (tertiary/aromatic N) is 3. The number of rotatable bonds is 6. The van der Waals surface area contributed by atoms with Crippen LogP contribution in [0.15, 0.2) is 16.4 Å². The summed E-state index contributed by atoms with van der Waals surface area (Å²) in [6.45, 7) is 3.67. The monoisotopic (exact) mass is 364 g/mol. The molecule has 2 heterocycles. The number of amidine groups is 1. The molecule has 0 bridgehead atoms. The molecule has 2 amide bonds. The lowest BCUT2D eigenvalue weighted by atomic mass is 9.89. The van der Waals surface area contributed by atoms with E-state index in [1.54, 1.807) is 14.0 Å². The van der Waals surface area contributed by atoms with Crippen molar-refractivity contribution in [3.05, 3.63) is 11.3 Å². The molecule has 1 unspecified atom stereocenters. The van der Waals surface area contributed by atoms with Gasteiger partial charge in [-0.2, -0.15) is 5.10 Å². The second-order valence-electron chi connectivity index (χ2n) is 6.56. The van der Waals surface area contributed by atoms with Gasteiger partial charge in [0.15, 0.2) is 5.78 Å². The Morgan fingerprint density at radius 3 is 2.46 bits per heavy atom. The van der Waals surface area contributed by atoms with Crippen molar-refractivity contribution in [1.82, 2.24) is 15.1 Å². The maximum Gasteiger partial charge on any atom is 0.265 e. The molecule has 1 atom stereocenters. The van der Waals surface area contributed by atoms with Crippen LogP contribution in [0, 0.1) is 5.92 Å². The average Bonchev–Trinajstić information content (AvgIpc) is 2.63. The molecule has 9 heteroatoms. The maximum atomic E-state index is 12.8. The number of piperidine rings is 1. The molecule has 0 radical (unpaired) electrons. The fourth-order valence-electron chi connectivity index (χ4n) is 3.44. The van der Waals surface area contributed by atoms with Gasteiger partial charge in [0.25, 0.3) is 5.91 Å². The van der Waals surface area contributed by atoms with Crippen LogP contribution in [-0.4, -0.2) is 66.5 Å². The van der Waals surface area contributed by atoms with Crippen molar-refractivity contribution < 1.29 is 14.4 Å². The summed E-state index contributed by atoms with van der Waals surface area (Å²) in [5.41, 5.74) is 6.08. The quantitative estimate of drug-likeness (QED) is 0.139. The lowest BCUT2D eigenvalue weighted by molar-refractivity contribution is -0.146. The number of likely N-dealkylation sites (N-methyl/N-ethyl adjacent to an activating group) is 1. The van der Waals surface area contributed by atoms with Gasteiger partial charge in [-0.3, -0.25) is 24.2 Å². The first-order chi connectivity index (χ1) is 12.4. The number of ketones is 1.